The number of piperidine rings is 1. The maximum Gasteiger partial charge on any atom is 0.227 e. The number of nitrogens with zero attached hydrogens (tertiary/aromatic N) is 1. The Morgan fingerprint density at radius 3 is 2.45 bits per heavy atom. The van der Waals surface area contributed by atoms with Crippen molar-refractivity contribution in [1.82, 2.24) is 5.32 Å². The lowest BCUT2D eigenvalue weighted by atomic mass is 9.97. The van der Waals surface area contributed by atoms with Crippen molar-refractivity contribution in [1.29, 1.82) is 0 Å². The van der Waals surface area contributed by atoms with Gasteiger partial charge in [0.15, 0.2) is 0 Å². The molecular weight excluding hydrogens is 274 g/mol. The van der Waals surface area contributed by atoms with Gasteiger partial charge in [0, 0.05) is 19.0 Å². The van der Waals surface area contributed by atoms with E-state index < -0.39 is 0 Å². The largest absolute Gasteiger partial charge is 0.370 e. The molecule has 0 radical (unpaired) electrons. The van der Waals surface area contributed by atoms with Crippen LogP contribution in [0.1, 0.15) is 38.5 Å². The summed E-state index contributed by atoms with van der Waals surface area (Å²) in [5.74, 6) is 0.335. The zero-order valence-corrected chi connectivity index (χ0v) is 13.3. The van der Waals surface area contributed by atoms with Gasteiger partial charge in [0.25, 0.3) is 0 Å². The molecule has 0 bridgehead atoms. The Kier molecular flexibility index (Phi) is 5.33. The van der Waals surface area contributed by atoms with Gasteiger partial charge in [-0.15, -0.1) is 0 Å². The number of para-hydroxylation sites is 2. The van der Waals surface area contributed by atoms with Gasteiger partial charge in [-0.05, 0) is 50.9 Å². The lowest BCUT2D eigenvalue weighted by molar-refractivity contribution is -0.120. The molecule has 3 rings (SSSR count). The molecule has 4 heteroatoms. The van der Waals surface area contributed by atoms with E-state index in [1.807, 2.05) is 12.1 Å². The summed E-state index contributed by atoms with van der Waals surface area (Å²) in [4.78, 5) is 14.9. The van der Waals surface area contributed by atoms with Gasteiger partial charge >= 0.3 is 0 Å². The average molecular weight is 301 g/mol. The first-order valence-electron chi connectivity index (χ1n) is 8.70. The van der Waals surface area contributed by atoms with E-state index in [-0.39, 0.29) is 11.8 Å². The molecule has 1 amide bonds. The highest BCUT2D eigenvalue weighted by molar-refractivity contribution is 5.95. The van der Waals surface area contributed by atoms with Crippen molar-refractivity contribution < 1.29 is 4.79 Å². The monoisotopic (exact) mass is 301 g/mol. The summed E-state index contributed by atoms with van der Waals surface area (Å²) < 4.78 is 0. The molecule has 0 unspecified atom stereocenters. The SMILES string of the molecule is O=C(Nc1ccccc1N1CCCCCC1)C1CCNCC1. The maximum absolute atomic E-state index is 12.5. The summed E-state index contributed by atoms with van der Waals surface area (Å²) in [6.45, 7) is 4.10. The fourth-order valence-electron chi connectivity index (χ4n) is 3.49. The summed E-state index contributed by atoms with van der Waals surface area (Å²) in [7, 11) is 0. The van der Waals surface area contributed by atoms with Crippen molar-refractivity contribution in [2.75, 3.05) is 36.4 Å². The number of carbonyl (C=O) groups is 1. The summed E-state index contributed by atoms with van der Waals surface area (Å²) in [5.41, 5.74) is 2.17. The molecule has 0 saturated carbocycles. The minimum absolute atomic E-state index is 0.151. The Morgan fingerprint density at radius 1 is 1.05 bits per heavy atom. The summed E-state index contributed by atoms with van der Waals surface area (Å²) in [6, 6.07) is 8.27. The van der Waals surface area contributed by atoms with Crippen molar-refractivity contribution >= 4 is 17.3 Å². The molecule has 0 spiro atoms. The second-order valence-corrected chi connectivity index (χ2v) is 6.43. The summed E-state index contributed by atoms with van der Waals surface area (Å²) >= 11 is 0. The highest BCUT2D eigenvalue weighted by Gasteiger charge is 2.22. The molecule has 0 aromatic heterocycles. The lowest BCUT2D eigenvalue weighted by Crippen LogP contribution is -2.35. The Morgan fingerprint density at radius 2 is 1.73 bits per heavy atom. The van der Waals surface area contributed by atoms with E-state index in [2.05, 4.69) is 27.7 Å². The number of rotatable bonds is 3. The Bertz CT molecular complexity index is 489. The van der Waals surface area contributed by atoms with Gasteiger partial charge in [0.1, 0.15) is 0 Å². The minimum atomic E-state index is 0.151. The number of benzene rings is 1. The van der Waals surface area contributed by atoms with Crippen molar-refractivity contribution in [3.05, 3.63) is 24.3 Å². The molecule has 0 atom stereocenters. The first-order chi connectivity index (χ1) is 10.8. The molecule has 2 aliphatic rings. The third kappa shape index (κ3) is 3.80. The standard InChI is InChI=1S/C18H27N3O/c22-18(15-9-11-19-12-10-15)20-16-7-3-4-8-17(16)21-13-5-1-2-6-14-21/h3-4,7-8,15,19H,1-2,5-6,9-14H2,(H,20,22). The fraction of sp³-hybridized carbons (Fsp3) is 0.611. The number of anilines is 2. The van der Waals surface area contributed by atoms with Crippen LogP contribution in [0.3, 0.4) is 0 Å². The molecule has 4 nitrogen and oxygen atoms in total. The van der Waals surface area contributed by atoms with E-state index >= 15 is 0 Å². The predicted octanol–water partition coefficient (Wildman–Crippen LogP) is 3.01. The van der Waals surface area contributed by atoms with Gasteiger partial charge in [-0.1, -0.05) is 25.0 Å². The third-order valence-corrected chi connectivity index (χ3v) is 4.82. The van der Waals surface area contributed by atoms with E-state index in [1.165, 1.54) is 31.4 Å². The van der Waals surface area contributed by atoms with Crippen LogP contribution in [-0.2, 0) is 4.79 Å². The average Bonchev–Trinajstić information content (AvgIpc) is 2.85. The minimum Gasteiger partial charge on any atom is -0.370 e. The van der Waals surface area contributed by atoms with Crippen molar-refractivity contribution in [2.24, 2.45) is 5.92 Å². The Hall–Kier alpha value is -1.55. The summed E-state index contributed by atoms with van der Waals surface area (Å²) in [6.07, 6.45) is 7.02. The number of carbonyl (C=O) groups excluding carboxylic acids is 1. The maximum atomic E-state index is 12.5. The van der Waals surface area contributed by atoms with E-state index in [1.54, 1.807) is 0 Å². The van der Waals surface area contributed by atoms with Crippen LogP contribution >= 0.6 is 0 Å². The van der Waals surface area contributed by atoms with Crippen LogP contribution in [0.5, 0.6) is 0 Å². The van der Waals surface area contributed by atoms with Crippen LogP contribution in [0.15, 0.2) is 24.3 Å². The third-order valence-electron chi connectivity index (χ3n) is 4.82. The second kappa shape index (κ2) is 7.63. The molecule has 1 aromatic rings. The van der Waals surface area contributed by atoms with Crippen molar-refractivity contribution in [3.8, 4) is 0 Å². The highest BCUT2D eigenvalue weighted by atomic mass is 16.1. The van der Waals surface area contributed by atoms with Crippen LogP contribution in [0.2, 0.25) is 0 Å². The number of nitrogens with one attached hydrogen (secondary N) is 2. The zero-order valence-electron chi connectivity index (χ0n) is 13.3. The van der Waals surface area contributed by atoms with Crippen LogP contribution in [-0.4, -0.2) is 32.1 Å². The topological polar surface area (TPSA) is 44.4 Å². The molecule has 2 aliphatic heterocycles. The van der Waals surface area contributed by atoms with Crippen LogP contribution in [0.25, 0.3) is 0 Å². The van der Waals surface area contributed by atoms with Gasteiger partial charge in [0.2, 0.25) is 5.91 Å². The van der Waals surface area contributed by atoms with E-state index in [0.29, 0.717) is 0 Å². The normalized spacial score (nSPS) is 20.5. The van der Waals surface area contributed by atoms with Gasteiger partial charge < -0.3 is 15.5 Å². The first-order valence-corrected chi connectivity index (χ1v) is 8.70. The van der Waals surface area contributed by atoms with E-state index in [0.717, 1.165) is 44.7 Å². The first kappa shape index (κ1) is 15.3. The molecule has 2 N–H and O–H groups in total. The Balaban J connectivity index is 1.71. The van der Waals surface area contributed by atoms with Gasteiger partial charge in [-0.2, -0.15) is 0 Å². The lowest BCUT2D eigenvalue weighted by Gasteiger charge is -2.27. The highest BCUT2D eigenvalue weighted by Crippen LogP contribution is 2.28. The molecule has 2 fully saturated rings. The molecular formula is C18H27N3O. The fourth-order valence-corrected chi connectivity index (χ4v) is 3.49. The smallest absolute Gasteiger partial charge is 0.227 e. The van der Waals surface area contributed by atoms with Crippen molar-refractivity contribution in [3.63, 3.8) is 0 Å². The predicted molar refractivity (Wildman–Crippen MR) is 91.3 cm³/mol. The van der Waals surface area contributed by atoms with Gasteiger partial charge in [-0.25, -0.2) is 0 Å². The molecule has 2 saturated heterocycles. The molecule has 2 heterocycles. The molecule has 1 aromatic carbocycles. The van der Waals surface area contributed by atoms with Crippen LogP contribution < -0.4 is 15.5 Å². The van der Waals surface area contributed by atoms with Crippen LogP contribution in [0, 0.1) is 5.92 Å². The van der Waals surface area contributed by atoms with Crippen LogP contribution in [0.4, 0.5) is 11.4 Å². The van der Waals surface area contributed by atoms with E-state index in [9.17, 15) is 4.79 Å². The van der Waals surface area contributed by atoms with Gasteiger partial charge in [-0.3, -0.25) is 4.79 Å². The summed E-state index contributed by atoms with van der Waals surface area (Å²) in [5, 5.41) is 6.50. The molecule has 22 heavy (non-hydrogen) atoms. The van der Waals surface area contributed by atoms with Gasteiger partial charge in [0.05, 0.1) is 11.4 Å². The number of amides is 1. The number of hydrogen-bond acceptors (Lipinski definition) is 3. The van der Waals surface area contributed by atoms with E-state index in [4.69, 9.17) is 0 Å². The number of hydrogen-bond donors (Lipinski definition) is 2. The molecule has 120 valence electrons. The second-order valence-electron chi connectivity index (χ2n) is 6.43. The quantitative estimate of drug-likeness (QED) is 0.902. The van der Waals surface area contributed by atoms with Crippen molar-refractivity contribution in [2.45, 2.75) is 38.5 Å². The zero-order chi connectivity index (χ0) is 15.2. The Labute approximate surface area is 133 Å². The molecule has 0 aliphatic carbocycles.